The van der Waals surface area contributed by atoms with E-state index < -0.39 is 12.0 Å². The first-order valence-corrected chi connectivity index (χ1v) is 12.4. The molecule has 7 nitrogen and oxygen atoms in total. The highest BCUT2D eigenvalue weighted by Gasteiger charge is 2.15. The lowest BCUT2D eigenvalue weighted by atomic mass is 10.1. The summed E-state index contributed by atoms with van der Waals surface area (Å²) in [4.78, 5) is 25.7. The number of carbonyl (C=O) groups excluding carboxylic acids is 2. The molecule has 0 aliphatic carbocycles. The number of carbonyl (C=O) groups is 2. The van der Waals surface area contributed by atoms with E-state index in [4.69, 9.17) is 16.7 Å². The Kier molecular flexibility index (Phi) is 9.86. The predicted octanol–water partition coefficient (Wildman–Crippen LogP) is 4.25. The minimum absolute atomic E-state index is 0.177. The van der Waals surface area contributed by atoms with Crippen molar-refractivity contribution >= 4 is 47.1 Å². The Morgan fingerprint density at radius 1 is 1.09 bits per heavy atom. The molecule has 4 N–H and O–H groups in total. The van der Waals surface area contributed by atoms with Gasteiger partial charge in [0, 0.05) is 22.1 Å². The first kappa shape index (κ1) is 26.4. The summed E-state index contributed by atoms with van der Waals surface area (Å²) < 4.78 is 0. The van der Waals surface area contributed by atoms with Gasteiger partial charge in [0.2, 0.25) is 0 Å². The summed E-state index contributed by atoms with van der Waals surface area (Å²) in [6, 6.07) is 19.3. The van der Waals surface area contributed by atoms with Crippen LogP contribution in [0, 0.1) is 6.92 Å². The molecule has 0 aromatic heterocycles. The molecule has 0 spiro atoms. The Morgan fingerprint density at radius 2 is 1.86 bits per heavy atom. The lowest BCUT2D eigenvalue weighted by Gasteiger charge is -2.12. The van der Waals surface area contributed by atoms with Gasteiger partial charge in [0.15, 0.2) is 0 Å². The molecule has 35 heavy (non-hydrogen) atoms. The van der Waals surface area contributed by atoms with Crippen LogP contribution in [0.5, 0.6) is 0 Å². The third-order valence-corrected chi connectivity index (χ3v) is 6.30. The van der Waals surface area contributed by atoms with Gasteiger partial charge in [-0.25, -0.2) is 5.43 Å². The standard InChI is InChI=1S/C26H26ClN3O4S/c1-17-5-7-18(8-6-17)13-28-30-26(34)23-12-21(27)9-10-24(23)29-25(33)20-4-2-3-19(11-20)15-35-16-22(32)14-31/h2-13,22,31-32H,14-16H2,1H3,(H,29,33)(H,30,34). The minimum atomic E-state index is -0.776. The zero-order chi connectivity index (χ0) is 25.2. The third kappa shape index (κ3) is 8.22. The summed E-state index contributed by atoms with van der Waals surface area (Å²) >= 11 is 7.55. The molecule has 1 unspecified atom stereocenters. The van der Waals surface area contributed by atoms with Crippen molar-refractivity contribution in [1.29, 1.82) is 0 Å². The minimum Gasteiger partial charge on any atom is -0.394 e. The van der Waals surface area contributed by atoms with Crippen molar-refractivity contribution in [3.05, 3.63) is 99.6 Å². The Hall–Kier alpha value is -3.17. The van der Waals surface area contributed by atoms with E-state index in [0.29, 0.717) is 27.8 Å². The maximum absolute atomic E-state index is 12.9. The largest absolute Gasteiger partial charge is 0.394 e. The zero-order valence-electron chi connectivity index (χ0n) is 19.1. The van der Waals surface area contributed by atoms with Crippen LogP contribution < -0.4 is 10.7 Å². The van der Waals surface area contributed by atoms with Gasteiger partial charge in [-0.1, -0.05) is 53.6 Å². The van der Waals surface area contributed by atoms with Crippen molar-refractivity contribution in [2.75, 3.05) is 17.7 Å². The number of aliphatic hydroxyl groups is 2. The average molecular weight is 512 g/mol. The number of nitrogens with zero attached hydrogens (tertiary/aromatic N) is 1. The van der Waals surface area contributed by atoms with Crippen molar-refractivity contribution < 1.29 is 19.8 Å². The van der Waals surface area contributed by atoms with Crippen LogP contribution in [0.15, 0.2) is 71.8 Å². The van der Waals surface area contributed by atoms with Crippen LogP contribution in [-0.2, 0) is 5.75 Å². The molecular formula is C26H26ClN3O4S. The molecule has 0 radical (unpaired) electrons. The number of hydrogen-bond acceptors (Lipinski definition) is 6. The number of halogens is 1. The predicted molar refractivity (Wildman–Crippen MR) is 141 cm³/mol. The first-order valence-electron chi connectivity index (χ1n) is 10.8. The highest BCUT2D eigenvalue weighted by atomic mass is 35.5. The van der Waals surface area contributed by atoms with Gasteiger partial charge in [-0.05, 0) is 48.4 Å². The Labute approximate surface area is 213 Å². The molecule has 3 rings (SSSR count). The van der Waals surface area contributed by atoms with Gasteiger partial charge in [0.1, 0.15) is 0 Å². The number of rotatable bonds is 10. The van der Waals surface area contributed by atoms with Crippen LogP contribution in [0.1, 0.15) is 37.4 Å². The highest BCUT2D eigenvalue weighted by molar-refractivity contribution is 7.98. The van der Waals surface area contributed by atoms with Gasteiger partial charge >= 0.3 is 0 Å². The lowest BCUT2D eigenvalue weighted by molar-refractivity contribution is 0.0956. The fraction of sp³-hybridized carbons (Fsp3) is 0.192. The lowest BCUT2D eigenvalue weighted by Crippen LogP contribution is -2.21. The van der Waals surface area contributed by atoms with E-state index >= 15 is 0 Å². The van der Waals surface area contributed by atoms with Crippen LogP contribution in [-0.4, -0.2) is 46.7 Å². The normalized spacial score (nSPS) is 11.9. The number of aryl methyl sites for hydroxylation is 1. The molecule has 3 aromatic carbocycles. The van der Waals surface area contributed by atoms with Gasteiger partial charge in [-0.15, -0.1) is 0 Å². The number of aliphatic hydroxyl groups excluding tert-OH is 2. The SMILES string of the molecule is Cc1ccc(C=NNC(=O)c2cc(Cl)ccc2NC(=O)c2cccc(CSCC(O)CO)c2)cc1. The van der Waals surface area contributed by atoms with Crippen LogP contribution in [0.2, 0.25) is 5.02 Å². The summed E-state index contributed by atoms with van der Waals surface area (Å²) in [7, 11) is 0. The van der Waals surface area contributed by atoms with Crippen LogP contribution >= 0.6 is 23.4 Å². The maximum Gasteiger partial charge on any atom is 0.273 e. The molecule has 9 heteroatoms. The molecule has 0 saturated carbocycles. The molecule has 182 valence electrons. The Morgan fingerprint density at radius 3 is 2.60 bits per heavy atom. The molecule has 0 saturated heterocycles. The summed E-state index contributed by atoms with van der Waals surface area (Å²) in [5.41, 5.74) is 6.22. The third-order valence-electron chi connectivity index (χ3n) is 4.91. The fourth-order valence-electron chi connectivity index (χ4n) is 3.05. The quantitative estimate of drug-likeness (QED) is 0.240. The second kappa shape index (κ2) is 13.1. The molecule has 3 aromatic rings. The van der Waals surface area contributed by atoms with E-state index in [1.165, 1.54) is 24.0 Å². The van der Waals surface area contributed by atoms with Gasteiger partial charge in [-0.3, -0.25) is 9.59 Å². The Balaban J connectivity index is 1.68. The number of thioether (sulfide) groups is 1. The molecule has 0 bridgehead atoms. The smallest absolute Gasteiger partial charge is 0.273 e. The number of anilines is 1. The number of hydrazone groups is 1. The van der Waals surface area contributed by atoms with Crippen molar-refractivity contribution in [3.8, 4) is 0 Å². The average Bonchev–Trinajstić information content (AvgIpc) is 2.86. The van der Waals surface area contributed by atoms with Crippen LogP contribution in [0.25, 0.3) is 0 Å². The molecular weight excluding hydrogens is 486 g/mol. The van der Waals surface area contributed by atoms with Gasteiger partial charge in [0.05, 0.1) is 30.2 Å². The maximum atomic E-state index is 12.9. The molecule has 2 amide bonds. The second-order valence-corrected chi connectivity index (χ2v) is 9.27. The molecule has 0 fully saturated rings. The number of hydrogen-bond donors (Lipinski definition) is 4. The molecule has 0 aliphatic rings. The molecule has 1 atom stereocenters. The first-order chi connectivity index (χ1) is 16.9. The number of benzene rings is 3. The number of amides is 2. The summed E-state index contributed by atoms with van der Waals surface area (Å²) in [6.45, 7) is 1.70. The van der Waals surface area contributed by atoms with Crippen LogP contribution in [0.4, 0.5) is 5.69 Å². The second-order valence-electron chi connectivity index (χ2n) is 7.81. The van der Waals surface area contributed by atoms with Gasteiger partial charge in [0.25, 0.3) is 11.8 Å². The summed E-state index contributed by atoms with van der Waals surface area (Å²) in [5.74, 6) is 0.0689. The van der Waals surface area contributed by atoms with E-state index in [0.717, 1.165) is 16.7 Å². The van der Waals surface area contributed by atoms with Crippen molar-refractivity contribution in [2.24, 2.45) is 5.10 Å². The fourth-order valence-corrected chi connectivity index (χ4v) is 4.14. The topological polar surface area (TPSA) is 111 Å². The monoisotopic (exact) mass is 511 g/mol. The van der Waals surface area contributed by atoms with E-state index in [2.05, 4.69) is 15.8 Å². The van der Waals surface area contributed by atoms with Crippen molar-refractivity contribution in [2.45, 2.75) is 18.8 Å². The molecule has 0 aliphatic heterocycles. The van der Waals surface area contributed by atoms with E-state index in [1.54, 1.807) is 30.3 Å². The van der Waals surface area contributed by atoms with E-state index in [-0.39, 0.29) is 18.1 Å². The van der Waals surface area contributed by atoms with Crippen molar-refractivity contribution in [1.82, 2.24) is 5.43 Å². The highest BCUT2D eigenvalue weighted by Crippen LogP contribution is 2.22. The van der Waals surface area contributed by atoms with Crippen LogP contribution in [0.3, 0.4) is 0 Å². The van der Waals surface area contributed by atoms with Gasteiger partial charge < -0.3 is 15.5 Å². The van der Waals surface area contributed by atoms with Gasteiger partial charge in [-0.2, -0.15) is 16.9 Å². The zero-order valence-corrected chi connectivity index (χ0v) is 20.6. The summed E-state index contributed by atoms with van der Waals surface area (Å²) in [5, 5.41) is 25.5. The Bertz CT molecular complexity index is 1200. The van der Waals surface area contributed by atoms with E-state index in [1.807, 2.05) is 37.3 Å². The van der Waals surface area contributed by atoms with E-state index in [9.17, 15) is 14.7 Å². The summed E-state index contributed by atoms with van der Waals surface area (Å²) in [6.07, 6.45) is 0.755. The number of nitrogens with one attached hydrogen (secondary N) is 2. The molecule has 0 heterocycles. The van der Waals surface area contributed by atoms with Crippen molar-refractivity contribution in [3.63, 3.8) is 0 Å².